The first-order chi connectivity index (χ1) is 5.16. The Balaban J connectivity index is 0. The fourth-order valence-electron chi connectivity index (χ4n) is 0.337. The van der Waals surface area contributed by atoms with Gasteiger partial charge in [0.05, 0.1) is 0 Å². The van der Waals surface area contributed by atoms with Crippen LogP contribution in [0.2, 0.25) is 0 Å². The zero-order chi connectivity index (χ0) is 9.28. The molecule has 0 atom stereocenters. The van der Waals surface area contributed by atoms with Crippen molar-refractivity contribution in [3.63, 3.8) is 0 Å². The lowest BCUT2D eigenvalue weighted by atomic mass is 10.3. The monoisotopic (exact) mass is 153 g/mol. The van der Waals surface area contributed by atoms with E-state index >= 15 is 0 Å². The van der Waals surface area contributed by atoms with E-state index in [9.17, 15) is 0 Å². The predicted octanol–water partition coefficient (Wildman–Crippen LogP) is 3.24. The Kier molecular flexibility index (Phi) is 10.6. The summed E-state index contributed by atoms with van der Waals surface area (Å²) < 4.78 is 0. The summed E-state index contributed by atoms with van der Waals surface area (Å²) >= 11 is 0. The van der Waals surface area contributed by atoms with Gasteiger partial charge in [0.2, 0.25) is 0 Å². The van der Waals surface area contributed by atoms with Crippen molar-refractivity contribution in [1.82, 2.24) is 0 Å². The van der Waals surface area contributed by atoms with Gasteiger partial charge in [-0.15, -0.1) is 0 Å². The summed E-state index contributed by atoms with van der Waals surface area (Å²) in [6, 6.07) is 0. The van der Waals surface area contributed by atoms with E-state index in [1.54, 1.807) is 7.05 Å². The van der Waals surface area contributed by atoms with E-state index in [0.717, 1.165) is 11.3 Å². The van der Waals surface area contributed by atoms with Crippen molar-refractivity contribution < 1.29 is 0 Å². The fourth-order valence-corrected chi connectivity index (χ4v) is 0.337. The van der Waals surface area contributed by atoms with Gasteiger partial charge in [0.15, 0.2) is 0 Å². The zero-order valence-electron chi connectivity index (χ0n) is 8.31. The Morgan fingerprint density at radius 3 is 1.91 bits per heavy atom. The molecule has 0 aromatic rings. The zero-order valence-corrected chi connectivity index (χ0v) is 8.31. The quantitative estimate of drug-likeness (QED) is 0.426. The minimum atomic E-state index is 1.03. The molecule has 0 rings (SSSR count). The maximum Gasteiger partial charge on any atom is 0.0313 e. The Hall–Kier alpha value is -0.850. The van der Waals surface area contributed by atoms with E-state index in [1.807, 2.05) is 39.8 Å². The highest BCUT2D eigenvalue weighted by atomic mass is 14.7. The minimum absolute atomic E-state index is 1.03. The molecule has 0 saturated heterocycles. The second-order valence-corrected chi connectivity index (χ2v) is 2.04. The van der Waals surface area contributed by atoms with Crippen molar-refractivity contribution in [2.75, 3.05) is 7.05 Å². The van der Waals surface area contributed by atoms with Gasteiger partial charge < -0.3 is 0 Å². The summed E-state index contributed by atoms with van der Waals surface area (Å²) in [5.74, 6) is 0. The molecule has 11 heavy (non-hydrogen) atoms. The van der Waals surface area contributed by atoms with Crippen molar-refractivity contribution >= 4 is 5.71 Å². The standard InChI is InChI=1S/C8H13N.C2H6/c1-7(2)5-6-8(3)9-4;1-2/h5-6H,1H2,2-4H3;1-2H3/b6-5-,9-8?;. The molecule has 0 aliphatic heterocycles. The van der Waals surface area contributed by atoms with Crippen LogP contribution in [0.5, 0.6) is 0 Å². The molecule has 0 N–H and O–H groups in total. The largest absolute Gasteiger partial charge is 0.293 e. The lowest BCUT2D eigenvalue weighted by Crippen LogP contribution is -1.81. The van der Waals surface area contributed by atoms with E-state index in [1.165, 1.54) is 0 Å². The summed E-state index contributed by atoms with van der Waals surface area (Å²) in [4.78, 5) is 3.95. The van der Waals surface area contributed by atoms with Crippen molar-refractivity contribution in [3.8, 4) is 0 Å². The molecular formula is C10H19N. The molecule has 1 nitrogen and oxygen atoms in total. The average Bonchev–Trinajstić information content (AvgIpc) is 2.04. The van der Waals surface area contributed by atoms with Crippen LogP contribution in [0.1, 0.15) is 27.7 Å². The highest BCUT2D eigenvalue weighted by Gasteiger charge is 1.77. The van der Waals surface area contributed by atoms with Crippen LogP contribution in [0, 0.1) is 0 Å². The lowest BCUT2D eigenvalue weighted by Gasteiger charge is -1.86. The third-order valence-electron chi connectivity index (χ3n) is 0.962. The second-order valence-electron chi connectivity index (χ2n) is 2.04. The summed E-state index contributed by atoms with van der Waals surface area (Å²) in [6.07, 6.45) is 3.89. The van der Waals surface area contributed by atoms with Crippen molar-refractivity contribution in [1.29, 1.82) is 0 Å². The molecule has 0 aromatic carbocycles. The normalized spacial score (nSPS) is 10.8. The third-order valence-corrected chi connectivity index (χ3v) is 0.962. The van der Waals surface area contributed by atoms with Gasteiger partial charge in [-0.1, -0.05) is 32.1 Å². The summed E-state index contributed by atoms with van der Waals surface area (Å²) in [7, 11) is 1.78. The van der Waals surface area contributed by atoms with Crippen LogP contribution >= 0.6 is 0 Å². The topological polar surface area (TPSA) is 12.4 Å². The summed E-state index contributed by atoms with van der Waals surface area (Å²) in [5.41, 5.74) is 2.08. The predicted molar refractivity (Wildman–Crippen MR) is 54.3 cm³/mol. The fraction of sp³-hybridized carbons (Fsp3) is 0.500. The van der Waals surface area contributed by atoms with Crippen LogP contribution in [-0.4, -0.2) is 12.8 Å². The minimum Gasteiger partial charge on any atom is -0.293 e. The van der Waals surface area contributed by atoms with E-state index in [4.69, 9.17) is 0 Å². The maximum absolute atomic E-state index is 3.95. The van der Waals surface area contributed by atoms with E-state index < -0.39 is 0 Å². The Labute approximate surface area is 70.5 Å². The van der Waals surface area contributed by atoms with Crippen molar-refractivity contribution in [3.05, 3.63) is 24.3 Å². The second kappa shape index (κ2) is 9.15. The highest BCUT2D eigenvalue weighted by molar-refractivity contribution is 5.92. The Morgan fingerprint density at radius 2 is 1.64 bits per heavy atom. The number of hydrogen-bond acceptors (Lipinski definition) is 1. The molecule has 0 saturated carbocycles. The summed E-state index contributed by atoms with van der Waals surface area (Å²) in [5, 5.41) is 0. The number of aliphatic imine (C=N–C) groups is 1. The molecule has 64 valence electrons. The van der Waals surface area contributed by atoms with Gasteiger partial charge in [-0.05, 0) is 19.9 Å². The number of hydrogen-bond donors (Lipinski definition) is 0. The van der Waals surface area contributed by atoms with Crippen LogP contribution in [0.4, 0.5) is 0 Å². The van der Waals surface area contributed by atoms with Gasteiger partial charge in [-0.3, -0.25) is 4.99 Å². The lowest BCUT2D eigenvalue weighted by molar-refractivity contribution is 1.43. The Morgan fingerprint density at radius 1 is 1.18 bits per heavy atom. The van der Waals surface area contributed by atoms with Crippen LogP contribution in [0.25, 0.3) is 0 Å². The number of allylic oxidation sites excluding steroid dienone is 3. The van der Waals surface area contributed by atoms with Gasteiger partial charge >= 0.3 is 0 Å². The van der Waals surface area contributed by atoms with Gasteiger partial charge in [0, 0.05) is 12.8 Å². The number of rotatable bonds is 2. The maximum atomic E-state index is 3.95. The first-order valence-electron chi connectivity index (χ1n) is 3.94. The van der Waals surface area contributed by atoms with E-state index in [0.29, 0.717) is 0 Å². The Bertz CT molecular complexity index is 152. The van der Waals surface area contributed by atoms with Crippen LogP contribution in [-0.2, 0) is 0 Å². The van der Waals surface area contributed by atoms with Crippen LogP contribution in [0.3, 0.4) is 0 Å². The van der Waals surface area contributed by atoms with E-state index in [-0.39, 0.29) is 0 Å². The summed E-state index contributed by atoms with van der Waals surface area (Å²) in [6.45, 7) is 11.6. The molecule has 0 aromatic heterocycles. The first-order valence-corrected chi connectivity index (χ1v) is 3.94. The van der Waals surface area contributed by atoms with Gasteiger partial charge in [-0.2, -0.15) is 0 Å². The molecule has 0 bridgehead atoms. The molecule has 1 heteroatoms. The molecule has 0 fully saturated rings. The molecular weight excluding hydrogens is 134 g/mol. The SMILES string of the molecule is C=C(C)/C=C\C(C)=NC.CC. The smallest absolute Gasteiger partial charge is 0.0313 e. The molecule has 0 radical (unpaired) electrons. The average molecular weight is 153 g/mol. The van der Waals surface area contributed by atoms with Crippen molar-refractivity contribution in [2.24, 2.45) is 4.99 Å². The van der Waals surface area contributed by atoms with Gasteiger partial charge in [-0.25, -0.2) is 0 Å². The molecule has 0 unspecified atom stereocenters. The van der Waals surface area contributed by atoms with Gasteiger partial charge in [0.25, 0.3) is 0 Å². The molecule has 0 amide bonds. The van der Waals surface area contributed by atoms with Crippen molar-refractivity contribution in [2.45, 2.75) is 27.7 Å². The van der Waals surface area contributed by atoms with Crippen LogP contribution in [0.15, 0.2) is 29.3 Å². The van der Waals surface area contributed by atoms with Crippen LogP contribution < -0.4 is 0 Å². The number of nitrogens with zero attached hydrogens (tertiary/aromatic N) is 1. The van der Waals surface area contributed by atoms with E-state index in [2.05, 4.69) is 11.6 Å². The van der Waals surface area contributed by atoms with Gasteiger partial charge in [0.1, 0.15) is 0 Å². The first kappa shape index (κ1) is 12.8. The molecule has 0 spiro atoms. The third kappa shape index (κ3) is 12.4. The highest BCUT2D eigenvalue weighted by Crippen LogP contribution is 1.89. The molecule has 0 aliphatic rings. The molecule has 0 aliphatic carbocycles. The molecule has 0 heterocycles.